The standard InChI is InChI=1S/C9H17NO4/c1-13-4-3-10-9(8(11)12)5-7(6-9)14-2/h7,10H,3-6H2,1-2H3,(H,11,12). The zero-order valence-corrected chi connectivity index (χ0v) is 8.58. The topological polar surface area (TPSA) is 67.8 Å². The summed E-state index contributed by atoms with van der Waals surface area (Å²) in [6.45, 7) is 1.08. The molecule has 0 aromatic carbocycles. The molecule has 0 heterocycles. The van der Waals surface area contributed by atoms with Crippen molar-refractivity contribution in [1.82, 2.24) is 5.32 Å². The molecule has 0 aromatic rings. The summed E-state index contributed by atoms with van der Waals surface area (Å²) in [5.41, 5.74) is -0.792. The Morgan fingerprint density at radius 2 is 2.21 bits per heavy atom. The first-order valence-corrected chi connectivity index (χ1v) is 4.65. The maximum absolute atomic E-state index is 11.0. The minimum atomic E-state index is -0.804. The molecule has 0 aromatic heterocycles. The molecular weight excluding hydrogens is 186 g/mol. The highest BCUT2D eigenvalue weighted by Gasteiger charge is 2.50. The molecular formula is C9H17NO4. The third-order valence-corrected chi connectivity index (χ3v) is 2.66. The van der Waals surface area contributed by atoms with Gasteiger partial charge >= 0.3 is 5.97 Å². The molecule has 1 aliphatic rings. The number of nitrogens with one attached hydrogen (secondary N) is 1. The lowest BCUT2D eigenvalue weighted by molar-refractivity contribution is -0.156. The van der Waals surface area contributed by atoms with E-state index >= 15 is 0 Å². The fourth-order valence-corrected chi connectivity index (χ4v) is 1.67. The molecule has 1 aliphatic carbocycles. The zero-order chi connectivity index (χ0) is 10.6. The van der Waals surface area contributed by atoms with Gasteiger partial charge in [-0.25, -0.2) is 0 Å². The Labute approximate surface area is 83.4 Å². The van der Waals surface area contributed by atoms with Crippen molar-refractivity contribution in [3.63, 3.8) is 0 Å². The second kappa shape index (κ2) is 4.72. The Morgan fingerprint density at radius 3 is 2.64 bits per heavy atom. The van der Waals surface area contributed by atoms with E-state index in [1.54, 1.807) is 14.2 Å². The zero-order valence-electron chi connectivity index (χ0n) is 8.58. The summed E-state index contributed by atoms with van der Waals surface area (Å²) in [5, 5.41) is 12.0. The second-order valence-electron chi connectivity index (χ2n) is 3.57. The van der Waals surface area contributed by atoms with Crippen LogP contribution in [0.1, 0.15) is 12.8 Å². The quantitative estimate of drug-likeness (QED) is 0.588. The fourth-order valence-electron chi connectivity index (χ4n) is 1.67. The van der Waals surface area contributed by atoms with Crippen LogP contribution in [0.3, 0.4) is 0 Å². The van der Waals surface area contributed by atoms with E-state index in [0.29, 0.717) is 26.0 Å². The average molecular weight is 203 g/mol. The Hall–Kier alpha value is -0.650. The number of hydrogen-bond donors (Lipinski definition) is 2. The number of carboxylic acids is 1. The Morgan fingerprint density at radius 1 is 1.57 bits per heavy atom. The minimum absolute atomic E-state index is 0.0705. The summed E-state index contributed by atoms with van der Waals surface area (Å²) < 4.78 is 9.92. The van der Waals surface area contributed by atoms with Gasteiger partial charge in [-0.1, -0.05) is 0 Å². The van der Waals surface area contributed by atoms with Crippen LogP contribution in [0, 0.1) is 0 Å². The van der Waals surface area contributed by atoms with E-state index in [9.17, 15) is 4.79 Å². The molecule has 1 saturated carbocycles. The molecule has 0 aliphatic heterocycles. The lowest BCUT2D eigenvalue weighted by Crippen LogP contribution is -2.63. The van der Waals surface area contributed by atoms with Gasteiger partial charge in [0.25, 0.3) is 0 Å². The van der Waals surface area contributed by atoms with Crippen molar-refractivity contribution < 1.29 is 19.4 Å². The molecule has 0 amide bonds. The summed E-state index contributed by atoms with van der Waals surface area (Å²) >= 11 is 0. The molecule has 0 bridgehead atoms. The first-order chi connectivity index (χ1) is 6.64. The first-order valence-electron chi connectivity index (χ1n) is 4.65. The van der Waals surface area contributed by atoms with Gasteiger partial charge in [-0.3, -0.25) is 10.1 Å². The van der Waals surface area contributed by atoms with Gasteiger partial charge in [-0.05, 0) is 0 Å². The molecule has 0 spiro atoms. The van der Waals surface area contributed by atoms with Crippen molar-refractivity contribution in [2.24, 2.45) is 0 Å². The molecule has 5 nitrogen and oxygen atoms in total. The molecule has 14 heavy (non-hydrogen) atoms. The predicted octanol–water partition coefficient (Wildman–Crippen LogP) is -0.145. The fraction of sp³-hybridized carbons (Fsp3) is 0.889. The van der Waals surface area contributed by atoms with Crippen LogP contribution in [0.4, 0.5) is 0 Å². The normalized spacial score (nSPS) is 31.1. The lowest BCUT2D eigenvalue weighted by atomic mass is 9.74. The number of hydrogen-bond acceptors (Lipinski definition) is 4. The number of carboxylic acid groups (broad SMARTS) is 1. The summed E-state index contributed by atoms with van der Waals surface area (Å²) in [6.07, 6.45) is 1.13. The number of methoxy groups -OCH3 is 2. The Bertz CT molecular complexity index is 201. The largest absolute Gasteiger partial charge is 0.480 e. The van der Waals surface area contributed by atoms with E-state index in [1.165, 1.54) is 0 Å². The van der Waals surface area contributed by atoms with Crippen LogP contribution >= 0.6 is 0 Å². The van der Waals surface area contributed by atoms with Crippen LogP contribution < -0.4 is 5.32 Å². The van der Waals surface area contributed by atoms with Gasteiger partial charge in [-0.15, -0.1) is 0 Å². The first kappa shape index (κ1) is 11.4. The Kier molecular flexibility index (Phi) is 3.86. The molecule has 5 heteroatoms. The third-order valence-electron chi connectivity index (χ3n) is 2.66. The summed E-state index contributed by atoms with van der Waals surface area (Å²) in [5.74, 6) is -0.804. The maximum Gasteiger partial charge on any atom is 0.324 e. The van der Waals surface area contributed by atoms with Gasteiger partial charge in [-0.2, -0.15) is 0 Å². The Balaban J connectivity index is 2.38. The second-order valence-corrected chi connectivity index (χ2v) is 3.57. The summed E-state index contributed by atoms with van der Waals surface area (Å²) in [7, 11) is 3.19. The molecule has 1 rings (SSSR count). The number of carbonyl (C=O) groups is 1. The third kappa shape index (κ3) is 2.23. The summed E-state index contributed by atoms with van der Waals surface area (Å²) in [6, 6.07) is 0. The molecule has 0 unspecified atom stereocenters. The van der Waals surface area contributed by atoms with Crippen molar-refractivity contribution in [2.75, 3.05) is 27.4 Å². The van der Waals surface area contributed by atoms with E-state index in [4.69, 9.17) is 14.6 Å². The molecule has 0 radical (unpaired) electrons. The molecule has 82 valence electrons. The van der Waals surface area contributed by atoms with Crippen LogP contribution in [0.25, 0.3) is 0 Å². The van der Waals surface area contributed by atoms with Crippen molar-refractivity contribution >= 4 is 5.97 Å². The van der Waals surface area contributed by atoms with Crippen molar-refractivity contribution in [3.8, 4) is 0 Å². The predicted molar refractivity (Wildman–Crippen MR) is 50.3 cm³/mol. The van der Waals surface area contributed by atoms with Gasteiger partial charge in [0.1, 0.15) is 5.54 Å². The van der Waals surface area contributed by atoms with E-state index < -0.39 is 11.5 Å². The molecule has 0 atom stereocenters. The number of rotatable bonds is 6. The van der Waals surface area contributed by atoms with Crippen LogP contribution in [-0.4, -0.2) is 50.1 Å². The van der Waals surface area contributed by atoms with Gasteiger partial charge in [0, 0.05) is 33.6 Å². The maximum atomic E-state index is 11.0. The molecule has 0 saturated heterocycles. The number of ether oxygens (including phenoxy) is 2. The van der Waals surface area contributed by atoms with Crippen LogP contribution in [0.15, 0.2) is 0 Å². The molecule has 1 fully saturated rings. The van der Waals surface area contributed by atoms with E-state index in [-0.39, 0.29) is 6.10 Å². The van der Waals surface area contributed by atoms with E-state index in [1.807, 2.05) is 0 Å². The van der Waals surface area contributed by atoms with Gasteiger partial charge in [0.15, 0.2) is 0 Å². The van der Waals surface area contributed by atoms with Gasteiger partial charge < -0.3 is 14.6 Å². The highest BCUT2D eigenvalue weighted by molar-refractivity contribution is 5.80. The van der Waals surface area contributed by atoms with Crippen molar-refractivity contribution in [2.45, 2.75) is 24.5 Å². The van der Waals surface area contributed by atoms with Crippen LogP contribution in [0.5, 0.6) is 0 Å². The van der Waals surface area contributed by atoms with Gasteiger partial charge in [0.2, 0.25) is 0 Å². The average Bonchev–Trinajstić information content (AvgIpc) is 2.08. The smallest absolute Gasteiger partial charge is 0.324 e. The SMILES string of the molecule is COCCNC1(C(=O)O)CC(OC)C1. The highest BCUT2D eigenvalue weighted by Crippen LogP contribution is 2.34. The van der Waals surface area contributed by atoms with Crippen LogP contribution in [0.2, 0.25) is 0 Å². The van der Waals surface area contributed by atoms with Gasteiger partial charge in [0.05, 0.1) is 12.7 Å². The van der Waals surface area contributed by atoms with Crippen molar-refractivity contribution in [1.29, 1.82) is 0 Å². The van der Waals surface area contributed by atoms with Crippen molar-refractivity contribution in [3.05, 3.63) is 0 Å². The molecule has 2 N–H and O–H groups in total. The van der Waals surface area contributed by atoms with E-state index in [0.717, 1.165) is 0 Å². The summed E-state index contributed by atoms with van der Waals surface area (Å²) in [4.78, 5) is 11.0. The monoisotopic (exact) mass is 203 g/mol. The minimum Gasteiger partial charge on any atom is -0.480 e. The van der Waals surface area contributed by atoms with Crippen LogP contribution in [-0.2, 0) is 14.3 Å². The van der Waals surface area contributed by atoms with E-state index in [2.05, 4.69) is 5.32 Å². The highest BCUT2D eigenvalue weighted by atomic mass is 16.5. The lowest BCUT2D eigenvalue weighted by Gasteiger charge is -2.44. The number of aliphatic carboxylic acids is 1.